The second-order valence-corrected chi connectivity index (χ2v) is 5.60. The summed E-state index contributed by atoms with van der Waals surface area (Å²) in [6, 6.07) is 5.12. The third-order valence-corrected chi connectivity index (χ3v) is 3.61. The van der Waals surface area contributed by atoms with Crippen molar-refractivity contribution < 1.29 is 13.2 Å². The van der Waals surface area contributed by atoms with Gasteiger partial charge < -0.3 is 4.79 Å². The lowest BCUT2D eigenvalue weighted by molar-refractivity contribution is -0.110. The van der Waals surface area contributed by atoms with Crippen molar-refractivity contribution in [2.75, 3.05) is 5.75 Å². The number of sulfone groups is 1. The normalized spacial score (nSPS) is 13.4. The number of rotatable bonds is 5. The molecule has 0 fully saturated rings. The molecule has 0 aliphatic carbocycles. The van der Waals surface area contributed by atoms with E-state index in [9.17, 15) is 13.2 Å². The Bertz CT molecular complexity index is 414. The molecule has 0 aliphatic rings. The largest absolute Gasteiger partial charge is 0.303 e. The van der Waals surface area contributed by atoms with Crippen LogP contribution in [0.25, 0.3) is 0 Å². The number of carbonyl (C=O) groups excluding carboxylic acids is 1. The zero-order valence-electron chi connectivity index (χ0n) is 8.46. The predicted octanol–water partition coefficient (Wildman–Crippen LogP) is 0.831. The summed E-state index contributed by atoms with van der Waals surface area (Å²) in [5.74, 6) is -0.683. The topological polar surface area (TPSA) is 64.1 Å². The van der Waals surface area contributed by atoms with Gasteiger partial charge in [0, 0.05) is 12.1 Å². The van der Waals surface area contributed by atoms with Crippen LogP contribution in [0.5, 0.6) is 0 Å². The van der Waals surface area contributed by atoms with Gasteiger partial charge in [0.25, 0.3) is 0 Å². The van der Waals surface area contributed by atoms with Crippen molar-refractivity contribution in [1.29, 1.82) is 0 Å². The molecule has 1 aromatic rings. The molecular formula is C10H13NO3S. The van der Waals surface area contributed by atoms with E-state index in [1.165, 1.54) is 0 Å². The number of aldehydes is 1. The number of hydrogen-bond acceptors (Lipinski definition) is 4. The van der Waals surface area contributed by atoms with Crippen LogP contribution in [0.3, 0.4) is 0 Å². The SMILES string of the molecule is C[C@H](C=O)CS(=O)(=O)Cc1ccccn1. The number of nitrogens with zero attached hydrogens (tertiary/aromatic N) is 1. The second-order valence-electron chi connectivity index (χ2n) is 3.49. The molecule has 4 nitrogen and oxygen atoms in total. The molecular weight excluding hydrogens is 214 g/mol. The number of pyridine rings is 1. The molecule has 1 aromatic heterocycles. The molecule has 0 saturated heterocycles. The van der Waals surface area contributed by atoms with E-state index in [4.69, 9.17) is 0 Å². The molecule has 82 valence electrons. The maximum Gasteiger partial charge on any atom is 0.156 e. The van der Waals surface area contributed by atoms with Crippen molar-refractivity contribution in [3.63, 3.8) is 0 Å². The van der Waals surface area contributed by atoms with Gasteiger partial charge >= 0.3 is 0 Å². The summed E-state index contributed by atoms with van der Waals surface area (Å²) < 4.78 is 23.1. The Labute approximate surface area is 89.3 Å². The van der Waals surface area contributed by atoms with Gasteiger partial charge in [-0.25, -0.2) is 8.42 Å². The van der Waals surface area contributed by atoms with Crippen LogP contribution in [-0.2, 0) is 20.4 Å². The summed E-state index contributed by atoms with van der Waals surface area (Å²) in [5, 5.41) is 0. The standard InChI is InChI=1S/C10H13NO3S/c1-9(6-12)7-15(13,14)8-10-4-2-3-5-11-10/h2-6,9H,7-8H2,1H3/t9-/m1/s1. The number of hydrogen-bond donors (Lipinski definition) is 0. The van der Waals surface area contributed by atoms with Crippen LogP contribution in [0.1, 0.15) is 12.6 Å². The van der Waals surface area contributed by atoms with Crippen LogP contribution in [0.15, 0.2) is 24.4 Å². The van der Waals surface area contributed by atoms with Crippen LogP contribution in [-0.4, -0.2) is 25.4 Å². The first-order valence-corrected chi connectivity index (χ1v) is 6.41. The van der Waals surface area contributed by atoms with Gasteiger partial charge in [-0.2, -0.15) is 0 Å². The first kappa shape index (κ1) is 11.8. The second kappa shape index (κ2) is 5.02. The fourth-order valence-electron chi connectivity index (χ4n) is 1.21. The molecule has 0 aromatic carbocycles. The first-order valence-electron chi connectivity index (χ1n) is 4.59. The Hall–Kier alpha value is -1.23. The molecule has 1 atom stereocenters. The lowest BCUT2D eigenvalue weighted by Crippen LogP contribution is -2.17. The molecule has 5 heteroatoms. The maximum absolute atomic E-state index is 11.6. The summed E-state index contributed by atoms with van der Waals surface area (Å²) in [5.41, 5.74) is 0.510. The maximum atomic E-state index is 11.6. The van der Waals surface area contributed by atoms with Gasteiger partial charge in [0.2, 0.25) is 0 Å². The van der Waals surface area contributed by atoms with E-state index in [2.05, 4.69) is 4.98 Å². The van der Waals surface area contributed by atoms with Gasteiger partial charge in [-0.1, -0.05) is 13.0 Å². The Kier molecular flexibility index (Phi) is 3.96. The average Bonchev–Trinajstić information content (AvgIpc) is 2.17. The van der Waals surface area contributed by atoms with E-state index < -0.39 is 15.8 Å². The molecule has 0 saturated carbocycles. The first-order chi connectivity index (χ1) is 7.03. The molecule has 0 N–H and O–H groups in total. The van der Waals surface area contributed by atoms with E-state index in [-0.39, 0.29) is 11.5 Å². The van der Waals surface area contributed by atoms with Crippen molar-refractivity contribution in [1.82, 2.24) is 4.98 Å². The highest BCUT2D eigenvalue weighted by Gasteiger charge is 2.16. The smallest absolute Gasteiger partial charge is 0.156 e. The third-order valence-electron chi connectivity index (χ3n) is 1.84. The minimum Gasteiger partial charge on any atom is -0.303 e. The predicted molar refractivity (Wildman–Crippen MR) is 57.0 cm³/mol. The monoisotopic (exact) mass is 227 g/mol. The van der Waals surface area contributed by atoms with Crippen molar-refractivity contribution in [3.8, 4) is 0 Å². The van der Waals surface area contributed by atoms with Crippen molar-refractivity contribution in [2.45, 2.75) is 12.7 Å². The molecule has 0 spiro atoms. The van der Waals surface area contributed by atoms with Crippen molar-refractivity contribution in [3.05, 3.63) is 30.1 Å². The molecule has 0 amide bonds. The lowest BCUT2D eigenvalue weighted by atomic mass is 10.3. The molecule has 0 aliphatic heterocycles. The van der Waals surface area contributed by atoms with Crippen LogP contribution in [0.2, 0.25) is 0 Å². The Morgan fingerprint density at radius 2 is 2.20 bits per heavy atom. The molecule has 0 radical (unpaired) electrons. The van der Waals surface area contributed by atoms with E-state index in [1.54, 1.807) is 31.3 Å². The summed E-state index contributed by atoms with van der Waals surface area (Å²) in [7, 11) is -3.24. The van der Waals surface area contributed by atoms with Gasteiger partial charge in [-0.15, -0.1) is 0 Å². The summed E-state index contributed by atoms with van der Waals surface area (Å²) >= 11 is 0. The third kappa shape index (κ3) is 4.20. The summed E-state index contributed by atoms with van der Waals surface area (Å²) in [6.07, 6.45) is 2.20. The van der Waals surface area contributed by atoms with E-state index in [1.807, 2.05) is 0 Å². The molecule has 0 unspecified atom stereocenters. The van der Waals surface area contributed by atoms with Crippen molar-refractivity contribution >= 4 is 16.1 Å². The van der Waals surface area contributed by atoms with E-state index >= 15 is 0 Å². The van der Waals surface area contributed by atoms with Crippen LogP contribution >= 0.6 is 0 Å². The number of aromatic nitrogens is 1. The average molecular weight is 227 g/mol. The minimum absolute atomic E-state index is 0.105. The molecule has 1 rings (SSSR count). The Morgan fingerprint density at radius 3 is 2.73 bits per heavy atom. The van der Waals surface area contributed by atoms with Crippen LogP contribution in [0.4, 0.5) is 0 Å². The highest BCUT2D eigenvalue weighted by atomic mass is 32.2. The number of carbonyl (C=O) groups is 1. The van der Waals surface area contributed by atoms with Gasteiger partial charge in [0.15, 0.2) is 9.84 Å². The fraction of sp³-hybridized carbons (Fsp3) is 0.400. The van der Waals surface area contributed by atoms with E-state index in [0.717, 1.165) is 0 Å². The molecule has 0 bridgehead atoms. The molecule has 15 heavy (non-hydrogen) atoms. The minimum atomic E-state index is -3.24. The van der Waals surface area contributed by atoms with Gasteiger partial charge in [0.05, 0.1) is 17.2 Å². The van der Waals surface area contributed by atoms with E-state index in [0.29, 0.717) is 12.0 Å². The molecule has 1 heterocycles. The fourth-order valence-corrected chi connectivity index (χ4v) is 2.83. The van der Waals surface area contributed by atoms with Gasteiger partial charge in [-0.3, -0.25) is 4.98 Å². The van der Waals surface area contributed by atoms with Crippen LogP contribution < -0.4 is 0 Å². The Balaban J connectivity index is 2.69. The van der Waals surface area contributed by atoms with Crippen LogP contribution in [0, 0.1) is 5.92 Å². The quantitative estimate of drug-likeness (QED) is 0.699. The highest BCUT2D eigenvalue weighted by molar-refractivity contribution is 7.90. The highest BCUT2D eigenvalue weighted by Crippen LogP contribution is 2.06. The van der Waals surface area contributed by atoms with Gasteiger partial charge in [-0.05, 0) is 12.1 Å². The zero-order valence-corrected chi connectivity index (χ0v) is 9.28. The van der Waals surface area contributed by atoms with Gasteiger partial charge in [0.1, 0.15) is 6.29 Å². The lowest BCUT2D eigenvalue weighted by Gasteiger charge is -2.05. The zero-order chi connectivity index (χ0) is 11.3. The Morgan fingerprint density at radius 1 is 1.47 bits per heavy atom. The van der Waals surface area contributed by atoms with Crippen molar-refractivity contribution in [2.24, 2.45) is 5.92 Å². The summed E-state index contributed by atoms with van der Waals surface area (Å²) in [4.78, 5) is 14.3. The summed E-state index contributed by atoms with van der Waals surface area (Å²) in [6.45, 7) is 1.59.